The first-order valence-electron chi connectivity index (χ1n) is 5.94. The minimum absolute atomic E-state index is 0.366. The molecule has 1 fully saturated rings. The Morgan fingerprint density at radius 1 is 1.59 bits per heavy atom. The molecular formula is C13H18N2O2. The van der Waals surface area contributed by atoms with E-state index >= 15 is 0 Å². The molecular weight excluding hydrogens is 216 g/mol. The topological polar surface area (TPSA) is 52.6 Å². The second kappa shape index (κ2) is 5.29. The number of nitrogens with one attached hydrogen (secondary N) is 1. The van der Waals surface area contributed by atoms with Crippen LogP contribution in [-0.2, 0) is 6.54 Å². The van der Waals surface area contributed by atoms with Crippen molar-refractivity contribution in [2.24, 2.45) is 0 Å². The summed E-state index contributed by atoms with van der Waals surface area (Å²) < 4.78 is 0. The molecule has 0 radical (unpaired) electrons. The van der Waals surface area contributed by atoms with Gasteiger partial charge in [-0.15, -0.1) is 0 Å². The van der Waals surface area contributed by atoms with Crippen LogP contribution in [0.4, 0.5) is 0 Å². The lowest BCUT2D eigenvalue weighted by molar-refractivity contribution is 0.0696. The highest BCUT2D eigenvalue weighted by Gasteiger charge is 2.17. The van der Waals surface area contributed by atoms with Crippen molar-refractivity contribution in [1.82, 2.24) is 10.2 Å². The SMILES string of the molecule is C[C@H]1CNCCN1Cc1cccc(C(=O)O)c1. The zero-order chi connectivity index (χ0) is 12.3. The summed E-state index contributed by atoms with van der Waals surface area (Å²) in [5.74, 6) is -0.861. The fourth-order valence-electron chi connectivity index (χ4n) is 2.16. The third-order valence-electron chi connectivity index (χ3n) is 3.20. The maximum atomic E-state index is 10.9. The van der Waals surface area contributed by atoms with Gasteiger partial charge in [0.15, 0.2) is 0 Å². The van der Waals surface area contributed by atoms with E-state index in [0.29, 0.717) is 11.6 Å². The molecule has 1 aliphatic rings. The van der Waals surface area contributed by atoms with Gasteiger partial charge >= 0.3 is 5.97 Å². The molecule has 1 aliphatic heterocycles. The van der Waals surface area contributed by atoms with E-state index in [1.54, 1.807) is 12.1 Å². The summed E-state index contributed by atoms with van der Waals surface area (Å²) >= 11 is 0. The number of hydrogen-bond acceptors (Lipinski definition) is 3. The number of rotatable bonds is 3. The number of carboxylic acid groups (broad SMARTS) is 1. The minimum atomic E-state index is -0.861. The van der Waals surface area contributed by atoms with Crippen molar-refractivity contribution in [3.63, 3.8) is 0 Å². The van der Waals surface area contributed by atoms with Gasteiger partial charge in [0.1, 0.15) is 0 Å². The van der Waals surface area contributed by atoms with Gasteiger partial charge in [0.05, 0.1) is 5.56 Å². The molecule has 0 spiro atoms. The van der Waals surface area contributed by atoms with Crippen LogP contribution in [-0.4, -0.2) is 41.7 Å². The zero-order valence-electron chi connectivity index (χ0n) is 10.0. The molecule has 4 heteroatoms. The normalized spacial score (nSPS) is 21.4. The van der Waals surface area contributed by atoms with E-state index in [0.717, 1.165) is 31.7 Å². The monoisotopic (exact) mass is 234 g/mol. The lowest BCUT2D eigenvalue weighted by atomic mass is 10.1. The van der Waals surface area contributed by atoms with E-state index in [9.17, 15) is 4.79 Å². The summed E-state index contributed by atoms with van der Waals surface area (Å²) in [7, 11) is 0. The molecule has 0 bridgehead atoms. The Hall–Kier alpha value is -1.39. The summed E-state index contributed by atoms with van der Waals surface area (Å²) in [5, 5.41) is 12.3. The predicted molar refractivity (Wildman–Crippen MR) is 66.1 cm³/mol. The van der Waals surface area contributed by atoms with Crippen molar-refractivity contribution in [2.45, 2.75) is 19.5 Å². The molecule has 1 aromatic carbocycles. The van der Waals surface area contributed by atoms with E-state index in [1.807, 2.05) is 12.1 Å². The third-order valence-corrected chi connectivity index (χ3v) is 3.20. The Balaban J connectivity index is 2.07. The molecule has 2 N–H and O–H groups in total. The molecule has 0 aromatic heterocycles. The van der Waals surface area contributed by atoms with Crippen molar-refractivity contribution in [3.8, 4) is 0 Å². The van der Waals surface area contributed by atoms with E-state index in [4.69, 9.17) is 5.11 Å². The van der Waals surface area contributed by atoms with Gasteiger partial charge in [0.25, 0.3) is 0 Å². The van der Waals surface area contributed by atoms with Crippen molar-refractivity contribution < 1.29 is 9.90 Å². The predicted octanol–water partition coefficient (Wildman–Crippen LogP) is 1.18. The molecule has 92 valence electrons. The molecule has 1 saturated heterocycles. The lowest BCUT2D eigenvalue weighted by Gasteiger charge is -2.33. The molecule has 17 heavy (non-hydrogen) atoms. The molecule has 0 amide bonds. The highest BCUT2D eigenvalue weighted by molar-refractivity contribution is 5.87. The van der Waals surface area contributed by atoms with Gasteiger partial charge in [-0.05, 0) is 24.6 Å². The Labute approximate surface area is 101 Å². The van der Waals surface area contributed by atoms with Gasteiger partial charge in [-0.2, -0.15) is 0 Å². The zero-order valence-corrected chi connectivity index (χ0v) is 10.0. The number of hydrogen-bond donors (Lipinski definition) is 2. The van der Waals surface area contributed by atoms with E-state index in [1.165, 1.54) is 0 Å². The van der Waals surface area contributed by atoms with Gasteiger partial charge in [-0.3, -0.25) is 4.90 Å². The van der Waals surface area contributed by atoms with Crippen LogP contribution in [0.1, 0.15) is 22.8 Å². The first kappa shape index (κ1) is 12.1. The summed E-state index contributed by atoms with van der Waals surface area (Å²) in [6, 6.07) is 7.69. The second-order valence-electron chi connectivity index (χ2n) is 4.53. The molecule has 1 atom stereocenters. The molecule has 1 aromatic rings. The van der Waals surface area contributed by atoms with E-state index in [2.05, 4.69) is 17.1 Å². The number of aromatic carboxylic acids is 1. The summed E-state index contributed by atoms with van der Waals surface area (Å²) in [4.78, 5) is 13.3. The third kappa shape index (κ3) is 3.05. The van der Waals surface area contributed by atoms with Gasteiger partial charge in [0.2, 0.25) is 0 Å². The van der Waals surface area contributed by atoms with Crippen LogP contribution in [0.15, 0.2) is 24.3 Å². The van der Waals surface area contributed by atoms with Crippen molar-refractivity contribution >= 4 is 5.97 Å². The molecule has 4 nitrogen and oxygen atoms in total. The fraction of sp³-hybridized carbons (Fsp3) is 0.462. The summed E-state index contributed by atoms with van der Waals surface area (Å²) in [6.07, 6.45) is 0. The Bertz CT molecular complexity index is 406. The van der Waals surface area contributed by atoms with Gasteiger partial charge in [-0.25, -0.2) is 4.79 Å². The Kier molecular flexibility index (Phi) is 3.76. The van der Waals surface area contributed by atoms with Crippen molar-refractivity contribution in [3.05, 3.63) is 35.4 Å². The molecule has 1 heterocycles. The van der Waals surface area contributed by atoms with E-state index < -0.39 is 5.97 Å². The van der Waals surface area contributed by atoms with Crippen LogP contribution in [0.2, 0.25) is 0 Å². The standard InChI is InChI=1S/C13H18N2O2/c1-10-8-14-5-6-15(10)9-11-3-2-4-12(7-11)13(16)17/h2-4,7,10,14H,5-6,8-9H2,1H3,(H,16,17)/t10-/m0/s1. The Morgan fingerprint density at radius 3 is 3.12 bits per heavy atom. The highest BCUT2D eigenvalue weighted by Crippen LogP contribution is 2.12. The minimum Gasteiger partial charge on any atom is -0.478 e. The van der Waals surface area contributed by atoms with Crippen LogP contribution < -0.4 is 5.32 Å². The number of benzene rings is 1. The number of carboxylic acids is 1. The van der Waals surface area contributed by atoms with Gasteiger partial charge in [0, 0.05) is 32.2 Å². The van der Waals surface area contributed by atoms with E-state index in [-0.39, 0.29) is 0 Å². The highest BCUT2D eigenvalue weighted by atomic mass is 16.4. The largest absolute Gasteiger partial charge is 0.478 e. The quantitative estimate of drug-likeness (QED) is 0.824. The molecule has 0 saturated carbocycles. The first-order chi connectivity index (χ1) is 8.16. The average Bonchev–Trinajstić information content (AvgIpc) is 2.32. The van der Waals surface area contributed by atoms with Crippen LogP contribution in [0, 0.1) is 0 Å². The molecule has 2 rings (SSSR count). The summed E-state index contributed by atoms with van der Waals surface area (Å²) in [6.45, 7) is 6.03. The van der Waals surface area contributed by atoms with Gasteiger partial charge < -0.3 is 10.4 Å². The molecule has 0 unspecified atom stereocenters. The second-order valence-corrected chi connectivity index (χ2v) is 4.53. The van der Waals surface area contributed by atoms with Crippen LogP contribution >= 0.6 is 0 Å². The first-order valence-corrected chi connectivity index (χ1v) is 5.94. The lowest BCUT2D eigenvalue weighted by Crippen LogP contribution is -2.49. The molecule has 0 aliphatic carbocycles. The number of piperazine rings is 1. The number of carbonyl (C=O) groups is 1. The van der Waals surface area contributed by atoms with Gasteiger partial charge in [-0.1, -0.05) is 12.1 Å². The maximum absolute atomic E-state index is 10.9. The smallest absolute Gasteiger partial charge is 0.335 e. The Morgan fingerprint density at radius 2 is 2.41 bits per heavy atom. The van der Waals surface area contributed by atoms with Crippen LogP contribution in [0.3, 0.4) is 0 Å². The summed E-state index contributed by atoms with van der Waals surface area (Å²) in [5.41, 5.74) is 1.43. The van der Waals surface area contributed by atoms with Crippen molar-refractivity contribution in [2.75, 3.05) is 19.6 Å². The maximum Gasteiger partial charge on any atom is 0.335 e. The fourth-order valence-corrected chi connectivity index (χ4v) is 2.16. The van der Waals surface area contributed by atoms with Crippen molar-refractivity contribution in [1.29, 1.82) is 0 Å². The number of nitrogens with zero attached hydrogens (tertiary/aromatic N) is 1. The average molecular weight is 234 g/mol. The van der Waals surface area contributed by atoms with Crippen LogP contribution in [0.25, 0.3) is 0 Å². The van der Waals surface area contributed by atoms with Crippen LogP contribution in [0.5, 0.6) is 0 Å².